The maximum Gasteiger partial charge on any atom is 0.244 e. The highest BCUT2D eigenvalue weighted by Crippen LogP contribution is 2.32. The van der Waals surface area contributed by atoms with Crippen molar-refractivity contribution in [2.75, 3.05) is 5.32 Å². The molecular weight excluding hydrogens is 406 g/mol. The van der Waals surface area contributed by atoms with Crippen molar-refractivity contribution in [3.05, 3.63) is 83.9 Å². The summed E-state index contributed by atoms with van der Waals surface area (Å²) in [4.78, 5) is 18.1. The molecule has 4 rings (SSSR count). The predicted molar refractivity (Wildman–Crippen MR) is 138 cm³/mol. The second-order valence-corrected chi connectivity index (χ2v) is 10.7. The van der Waals surface area contributed by atoms with Crippen LogP contribution in [0.3, 0.4) is 0 Å². The largest absolute Gasteiger partial charge is 0.325 e. The van der Waals surface area contributed by atoms with Crippen LogP contribution >= 0.6 is 0 Å². The lowest BCUT2D eigenvalue weighted by Crippen LogP contribution is -2.21. The van der Waals surface area contributed by atoms with Crippen molar-refractivity contribution in [1.82, 2.24) is 9.55 Å². The molecule has 0 spiro atoms. The summed E-state index contributed by atoms with van der Waals surface area (Å²) in [7, 11) is 0. The number of amides is 1. The average molecular weight is 440 g/mol. The van der Waals surface area contributed by atoms with E-state index < -0.39 is 0 Å². The third kappa shape index (κ3) is 5.00. The lowest BCUT2D eigenvalue weighted by Gasteiger charge is -2.26. The molecule has 4 heteroatoms. The van der Waals surface area contributed by atoms with Gasteiger partial charge in [-0.15, -0.1) is 0 Å². The highest BCUT2D eigenvalue weighted by atomic mass is 16.1. The van der Waals surface area contributed by atoms with Crippen molar-refractivity contribution in [2.45, 2.75) is 58.9 Å². The number of imidazole rings is 1. The number of anilines is 1. The van der Waals surface area contributed by atoms with E-state index in [0.717, 1.165) is 28.1 Å². The number of benzene rings is 3. The van der Waals surface area contributed by atoms with Gasteiger partial charge in [0.05, 0.1) is 11.0 Å². The van der Waals surface area contributed by atoms with Crippen molar-refractivity contribution < 1.29 is 4.79 Å². The number of hydrogen-bond acceptors (Lipinski definition) is 2. The number of carbonyl (C=O) groups is 1. The molecule has 4 aromatic rings. The second kappa shape index (κ2) is 8.51. The highest BCUT2D eigenvalue weighted by Gasteiger charge is 2.21. The fourth-order valence-corrected chi connectivity index (χ4v) is 3.95. The Morgan fingerprint density at radius 2 is 1.39 bits per heavy atom. The Kier molecular flexibility index (Phi) is 5.87. The fraction of sp³-hybridized carbons (Fsp3) is 0.310. The van der Waals surface area contributed by atoms with Crippen molar-refractivity contribution in [2.24, 2.45) is 0 Å². The summed E-state index contributed by atoms with van der Waals surface area (Å²) in [5.41, 5.74) is 6.06. The minimum atomic E-state index is -0.0683. The van der Waals surface area contributed by atoms with E-state index in [0.29, 0.717) is 0 Å². The van der Waals surface area contributed by atoms with E-state index >= 15 is 0 Å². The molecule has 1 N–H and O–H groups in total. The number of nitrogens with one attached hydrogen (secondary N) is 1. The van der Waals surface area contributed by atoms with Gasteiger partial charge in [0.2, 0.25) is 5.91 Å². The van der Waals surface area contributed by atoms with E-state index in [-0.39, 0.29) is 23.3 Å². The molecule has 0 aliphatic rings. The zero-order chi connectivity index (χ0) is 23.8. The first-order valence-corrected chi connectivity index (χ1v) is 11.5. The van der Waals surface area contributed by atoms with Gasteiger partial charge < -0.3 is 9.88 Å². The number of rotatable bonds is 4. The quantitative estimate of drug-likeness (QED) is 0.374. The molecule has 0 fully saturated rings. The molecule has 0 bridgehead atoms. The first kappa shape index (κ1) is 22.8. The number of fused-ring (bicyclic) bond motifs is 1. The molecule has 1 heterocycles. The molecule has 1 aromatic heterocycles. The highest BCUT2D eigenvalue weighted by molar-refractivity contribution is 5.93. The second-order valence-electron chi connectivity index (χ2n) is 10.7. The van der Waals surface area contributed by atoms with Crippen molar-refractivity contribution in [1.29, 1.82) is 0 Å². The molecule has 0 saturated carbocycles. The van der Waals surface area contributed by atoms with Crippen LogP contribution in [0.15, 0.2) is 72.8 Å². The summed E-state index contributed by atoms with van der Waals surface area (Å²) in [6.45, 7) is 13.4. The lowest BCUT2D eigenvalue weighted by molar-refractivity contribution is -0.116. The summed E-state index contributed by atoms with van der Waals surface area (Å²) < 4.78 is 2.00. The fourth-order valence-electron chi connectivity index (χ4n) is 3.95. The van der Waals surface area contributed by atoms with E-state index in [9.17, 15) is 4.79 Å². The minimum absolute atomic E-state index is 0.0121. The van der Waals surface area contributed by atoms with Crippen LogP contribution in [0.5, 0.6) is 0 Å². The number of para-hydroxylation sites is 2. The molecule has 1 amide bonds. The zero-order valence-corrected chi connectivity index (χ0v) is 20.4. The van der Waals surface area contributed by atoms with Crippen molar-refractivity contribution in [3.8, 4) is 11.4 Å². The van der Waals surface area contributed by atoms with Gasteiger partial charge in [-0.25, -0.2) is 4.98 Å². The molecular formula is C29H33N3O. The smallest absolute Gasteiger partial charge is 0.244 e. The molecule has 33 heavy (non-hydrogen) atoms. The van der Waals surface area contributed by atoms with Gasteiger partial charge in [0.1, 0.15) is 12.4 Å². The maximum atomic E-state index is 13.3. The van der Waals surface area contributed by atoms with E-state index in [2.05, 4.69) is 65.1 Å². The summed E-state index contributed by atoms with van der Waals surface area (Å²) in [5, 5.41) is 3.16. The Hall–Kier alpha value is -3.40. The van der Waals surface area contributed by atoms with E-state index in [1.165, 1.54) is 11.1 Å². The molecule has 0 atom stereocenters. The standard InChI is InChI=1S/C29H33N3O/c1-28(2,3)21-16-22(29(4,5)6)18-23(17-21)30-26(33)19-32-25-15-11-10-14-24(25)31-27(32)20-12-8-7-9-13-20/h7-18H,19H2,1-6H3,(H,30,33). The molecule has 0 radical (unpaired) electrons. The molecule has 170 valence electrons. The summed E-state index contributed by atoms with van der Waals surface area (Å²) in [6, 6.07) is 24.4. The minimum Gasteiger partial charge on any atom is -0.325 e. The van der Waals surface area contributed by atoms with Gasteiger partial charge in [0.25, 0.3) is 0 Å². The normalized spacial score (nSPS) is 12.2. The summed E-state index contributed by atoms with van der Waals surface area (Å²) in [6.07, 6.45) is 0. The molecule has 0 unspecified atom stereocenters. The number of hydrogen-bond donors (Lipinski definition) is 1. The third-order valence-electron chi connectivity index (χ3n) is 5.94. The van der Waals surface area contributed by atoms with Crippen LogP contribution < -0.4 is 5.32 Å². The topological polar surface area (TPSA) is 46.9 Å². The van der Waals surface area contributed by atoms with Crippen LogP contribution in [-0.4, -0.2) is 15.5 Å². The van der Waals surface area contributed by atoms with Crippen molar-refractivity contribution >= 4 is 22.6 Å². The molecule has 4 nitrogen and oxygen atoms in total. The van der Waals surface area contributed by atoms with Gasteiger partial charge in [-0.2, -0.15) is 0 Å². The molecule has 0 saturated heterocycles. The van der Waals surface area contributed by atoms with Crippen molar-refractivity contribution in [3.63, 3.8) is 0 Å². The Morgan fingerprint density at radius 1 is 0.818 bits per heavy atom. The van der Waals surface area contributed by atoms with Crippen LogP contribution in [0.2, 0.25) is 0 Å². The van der Waals surface area contributed by atoms with Gasteiger partial charge in [-0.3, -0.25) is 4.79 Å². The first-order chi connectivity index (χ1) is 15.5. The first-order valence-electron chi connectivity index (χ1n) is 11.5. The van der Waals surface area contributed by atoms with Gasteiger partial charge in [0.15, 0.2) is 0 Å². The van der Waals surface area contributed by atoms with Crippen LogP contribution in [0.4, 0.5) is 5.69 Å². The number of carbonyl (C=O) groups excluding carboxylic acids is 1. The Morgan fingerprint density at radius 3 is 2.00 bits per heavy atom. The number of aromatic nitrogens is 2. The van der Waals surface area contributed by atoms with E-state index in [1.807, 2.05) is 59.2 Å². The summed E-state index contributed by atoms with van der Waals surface area (Å²) in [5.74, 6) is 0.729. The monoisotopic (exact) mass is 439 g/mol. The van der Waals surface area contributed by atoms with Crippen LogP contribution in [0, 0.1) is 0 Å². The average Bonchev–Trinajstić information content (AvgIpc) is 3.11. The van der Waals surface area contributed by atoms with E-state index in [1.54, 1.807) is 0 Å². The summed E-state index contributed by atoms with van der Waals surface area (Å²) >= 11 is 0. The van der Waals surface area contributed by atoms with Crippen LogP contribution in [0.25, 0.3) is 22.4 Å². The third-order valence-corrected chi connectivity index (χ3v) is 5.94. The molecule has 0 aliphatic heterocycles. The maximum absolute atomic E-state index is 13.3. The lowest BCUT2D eigenvalue weighted by atomic mass is 9.80. The SMILES string of the molecule is CC(C)(C)c1cc(NC(=O)Cn2c(-c3ccccc3)nc3ccccc32)cc(C(C)(C)C)c1. The molecule has 0 aliphatic carbocycles. The van der Waals surface area contributed by atoms with E-state index in [4.69, 9.17) is 4.98 Å². The van der Waals surface area contributed by atoms with Gasteiger partial charge >= 0.3 is 0 Å². The Labute approximate surface area is 196 Å². The van der Waals surface area contributed by atoms with Gasteiger partial charge in [-0.05, 0) is 46.2 Å². The zero-order valence-electron chi connectivity index (χ0n) is 20.4. The number of nitrogens with zero attached hydrogens (tertiary/aromatic N) is 2. The van der Waals surface area contributed by atoms with Gasteiger partial charge in [0, 0.05) is 11.3 Å². The Balaban J connectivity index is 1.69. The predicted octanol–water partition coefficient (Wildman–Crippen LogP) is 6.94. The molecule has 3 aromatic carbocycles. The van der Waals surface area contributed by atoms with Crippen LogP contribution in [-0.2, 0) is 22.2 Å². The Bertz CT molecular complexity index is 1260. The van der Waals surface area contributed by atoms with Crippen LogP contribution in [0.1, 0.15) is 52.7 Å². The van der Waals surface area contributed by atoms with Gasteiger partial charge in [-0.1, -0.05) is 90.1 Å².